The van der Waals surface area contributed by atoms with Crippen molar-refractivity contribution in [2.75, 3.05) is 25.2 Å². The third-order valence-electron chi connectivity index (χ3n) is 1.85. The van der Waals surface area contributed by atoms with Gasteiger partial charge in [0.25, 0.3) is 0 Å². The molecule has 1 heterocycles. The zero-order valence-electron chi connectivity index (χ0n) is 9.29. The van der Waals surface area contributed by atoms with Gasteiger partial charge in [-0.25, -0.2) is 0 Å². The third kappa shape index (κ3) is 4.91. The van der Waals surface area contributed by atoms with E-state index in [2.05, 4.69) is 33.9 Å². The van der Waals surface area contributed by atoms with Crippen LogP contribution in [-0.4, -0.2) is 25.2 Å². The lowest BCUT2D eigenvalue weighted by atomic mass is 10.4. The van der Waals surface area contributed by atoms with Crippen molar-refractivity contribution in [2.24, 2.45) is 0 Å². The molecule has 90 valence electrons. The predicted molar refractivity (Wildman–Crippen MR) is 77.8 cm³/mol. The summed E-state index contributed by atoms with van der Waals surface area (Å²) in [6.45, 7) is 5.62. The van der Waals surface area contributed by atoms with E-state index in [1.54, 1.807) is 18.4 Å². The van der Waals surface area contributed by atoms with E-state index in [9.17, 15) is 0 Å². The van der Waals surface area contributed by atoms with Crippen molar-refractivity contribution in [2.45, 2.75) is 6.54 Å². The van der Waals surface area contributed by atoms with E-state index in [1.807, 2.05) is 17.8 Å². The van der Waals surface area contributed by atoms with Crippen LogP contribution in [0.25, 0.3) is 0 Å². The minimum absolute atomic E-state index is 0.904. The standard InChI is InChI=1S/C11H16BrNOS2/c1-3-5-15-6-4-13-8-9-7-10(12)11(14-2)16-9/h3,7,13H,1,4-6,8H2,2H3. The van der Waals surface area contributed by atoms with Crippen LogP contribution in [0.1, 0.15) is 4.88 Å². The second-order valence-electron chi connectivity index (χ2n) is 3.09. The Morgan fingerprint density at radius 2 is 2.50 bits per heavy atom. The molecule has 16 heavy (non-hydrogen) atoms. The van der Waals surface area contributed by atoms with Crippen molar-refractivity contribution in [3.8, 4) is 5.06 Å². The number of halogens is 1. The highest BCUT2D eigenvalue weighted by Gasteiger charge is 2.05. The molecule has 0 saturated carbocycles. The zero-order chi connectivity index (χ0) is 11.8. The Morgan fingerprint density at radius 1 is 1.69 bits per heavy atom. The molecule has 0 saturated heterocycles. The van der Waals surface area contributed by atoms with Crippen molar-refractivity contribution in [1.82, 2.24) is 5.32 Å². The van der Waals surface area contributed by atoms with Gasteiger partial charge in [0.15, 0.2) is 5.06 Å². The lowest BCUT2D eigenvalue weighted by Gasteiger charge is -2.01. The van der Waals surface area contributed by atoms with E-state index >= 15 is 0 Å². The summed E-state index contributed by atoms with van der Waals surface area (Å²) in [4.78, 5) is 1.29. The molecule has 1 rings (SSSR count). The first kappa shape index (κ1) is 14.1. The maximum Gasteiger partial charge on any atom is 0.188 e. The first-order valence-corrected chi connectivity index (χ1v) is 7.76. The van der Waals surface area contributed by atoms with Gasteiger partial charge in [-0.2, -0.15) is 11.8 Å². The number of thioether (sulfide) groups is 1. The van der Waals surface area contributed by atoms with Gasteiger partial charge in [-0.1, -0.05) is 6.08 Å². The molecule has 0 bridgehead atoms. The summed E-state index contributed by atoms with van der Waals surface area (Å²) in [7, 11) is 1.69. The molecule has 0 aliphatic rings. The van der Waals surface area contributed by atoms with Crippen LogP contribution in [0, 0.1) is 0 Å². The molecular formula is C11H16BrNOS2. The summed E-state index contributed by atoms with van der Waals surface area (Å²) in [6, 6.07) is 2.10. The second kappa shape index (κ2) is 8.17. The number of hydrogen-bond donors (Lipinski definition) is 1. The van der Waals surface area contributed by atoms with Crippen LogP contribution in [0.3, 0.4) is 0 Å². The van der Waals surface area contributed by atoms with E-state index in [1.165, 1.54) is 4.88 Å². The lowest BCUT2D eigenvalue weighted by Crippen LogP contribution is -2.15. The second-order valence-corrected chi connectivity index (χ2v) is 6.20. The summed E-state index contributed by atoms with van der Waals surface area (Å²) in [5.74, 6) is 2.15. The Kier molecular flexibility index (Phi) is 7.20. The normalized spacial score (nSPS) is 10.4. The maximum atomic E-state index is 5.21. The van der Waals surface area contributed by atoms with Crippen molar-refractivity contribution < 1.29 is 4.74 Å². The van der Waals surface area contributed by atoms with Crippen LogP contribution in [-0.2, 0) is 6.54 Å². The van der Waals surface area contributed by atoms with Crippen LogP contribution in [0.5, 0.6) is 5.06 Å². The molecule has 0 aliphatic heterocycles. The van der Waals surface area contributed by atoms with Crippen LogP contribution < -0.4 is 10.1 Å². The van der Waals surface area contributed by atoms with E-state index in [4.69, 9.17) is 4.74 Å². The number of thiophene rings is 1. The highest BCUT2D eigenvalue weighted by Crippen LogP contribution is 2.34. The molecule has 1 aromatic heterocycles. The Balaban J connectivity index is 2.19. The highest BCUT2D eigenvalue weighted by molar-refractivity contribution is 9.10. The first-order chi connectivity index (χ1) is 7.77. The Hall–Kier alpha value is 0.0300. The summed E-state index contributed by atoms with van der Waals surface area (Å²) in [5, 5.41) is 4.35. The van der Waals surface area contributed by atoms with Gasteiger partial charge in [0.1, 0.15) is 0 Å². The minimum atomic E-state index is 0.904. The molecule has 0 radical (unpaired) electrons. The van der Waals surface area contributed by atoms with Crippen LogP contribution in [0.4, 0.5) is 0 Å². The van der Waals surface area contributed by atoms with Crippen LogP contribution in [0.15, 0.2) is 23.2 Å². The minimum Gasteiger partial charge on any atom is -0.486 e. The number of nitrogens with one attached hydrogen (secondary N) is 1. The van der Waals surface area contributed by atoms with Gasteiger partial charge < -0.3 is 10.1 Å². The molecule has 5 heteroatoms. The molecule has 0 amide bonds. The molecule has 0 aliphatic carbocycles. The molecule has 1 N–H and O–H groups in total. The van der Waals surface area contributed by atoms with Gasteiger partial charge in [-0.05, 0) is 22.0 Å². The van der Waals surface area contributed by atoms with Gasteiger partial charge in [0.05, 0.1) is 11.6 Å². The van der Waals surface area contributed by atoms with E-state index in [-0.39, 0.29) is 0 Å². The fraction of sp³-hybridized carbons (Fsp3) is 0.455. The fourth-order valence-corrected chi connectivity index (χ4v) is 3.43. The van der Waals surface area contributed by atoms with E-state index in [0.717, 1.165) is 34.1 Å². The van der Waals surface area contributed by atoms with Crippen molar-refractivity contribution in [3.05, 3.63) is 28.1 Å². The average molecular weight is 322 g/mol. The van der Waals surface area contributed by atoms with Gasteiger partial charge in [0, 0.05) is 29.5 Å². The maximum absolute atomic E-state index is 5.21. The first-order valence-electron chi connectivity index (χ1n) is 4.99. The number of ether oxygens (including phenoxy) is 1. The predicted octanol–water partition coefficient (Wildman–Crippen LogP) is 3.53. The lowest BCUT2D eigenvalue weighted by molar-refractivity contribution is 0.425. The SMILES string of the molecule is C=CCSCCNCc1cc(Br)c(OC)s1. The smallest absolute Gasteiger partial charge is 0.188 e. The highest BCUT2D eigenvalue weighted by atomic mass is 79.9. The number of methoxy groups -OCH3 is 1. The van der Waals surface area contributed by atoms with Crippen molar-refractivity contribution in [1.29, 1.82) is 0 Å². The van der Waals surface area contributed by atoms with E-state index in [0.29, 0.717) is 0 Å². The molecule has 2 nitrogen and oxygen atoms in total. The number of hydrogen-bond acceptors (Lipinski definition) is 4. The van der Waals surface area contributed by atoms with Crippen molar-refractivity contribution >= 4 is 39.0 Å². The molecular weight excluding hydrogens is 306 g/mol. The third-order valence-corrected chi connectivity index (χ3v) is 4.76. The molecule has 1 aromatic rings. The van der Waals surface area contributed by atoms with Gasteiger partial charge in [-0.3, -0.25) is 0 Å². The summed E-state index contributed by atoms with van der Waals surface area (Å²) >= 11 is 7.03. The average Bonchev–Trinajstić information content (AvgIpc) is 2.64. The number of rotatable bonds is 8. The Bertz CT molecular complexity index is 328. The monoisotopic (exact) mass is 321 g/mol. The molecule has 0 aromatic carbocycles. The Morgan fingerprint density at radius 3 is 3.12 bits per heavy atom. The Labute approximate surface area is 114 Å². The molecule has 0 spiro atoms. The van der Waals surface area contributed by atoms with Gasteiger partial charge in [0.2, 0.25) is 0 Å². The largest absolute Gasteiger partial charge is 0.486 e. The molecule has 0 atom stereocenters. The quantitative estimate of drug-likeness (QED) is 0.584. The molecule has 0 unspecified atom stereocenters. The topological polar surface area (TPSA) is 21.3 Å². The van der Waals surface area contributed by atoms with E-state index < -0.39 is 0 Å². The van der Waals surface area contributed by atoms with Gasteiger partial charge >= 0.3 is 0 Å². The molecule has 0 fully saturated rings. The fourth-order valence-electron chi connectivity index (χ4n) is 1.15. The van der Waals surface area contributed by atoms with Crippen LogP contribution in [0.2, 0.25) is 0 Å². The summed E-state index contributed by atoms with van der Waals surface area (Å²) < 4.78 is 6.25. The van der Waals surface area contributed by atoms with Crippen LogP contribution >= 0.6 is 39.0 Å². The zero-order valence-corrected chi connectivity index (χ0v) is 12.5. The summed E-state index contributed by atoms with van der Waals surface area (Å²) in [5.41, 5.74) is 0. The summed E-state index contributed by atoms with van der Waals surface area (Å²) in [6.07, 6.45) is 1.94. The van der Waals surface area contributed by atoms with Gasteiger partial charge in [-0.15, -0.1) is 17.9 Å². The van der Waals surface area contributed by atoms with Crippen molar-refractivity contribution in [3.63, 3.8) is 0 Å².